The van der Waals surface area contributed by atoms with Crippen LogP contribution in [0.4, 0.5) is 4.79 Å². The Morgan fingerprint density at radius 1 is 1.16 bits per heavy atom. The van der Waals surface area contributed by atoms with Crippen molar-refractivity contribution in [2.75, 3.05) is 20.1 Å². The minimum atomic E-state index is -0.539. The molecule has 8 heteroatoms. The van der Waals surface area contributed by atoms with E-state index in [9.17, 15) is 9.59 Å². The van der Waals surface area contributed by atoms with Crippen molar-refractivity contribution >= 4 is 24.6 Å². The number of nitrogens with zero attached hydrogens (tertiary/aromatic N) is 2. The zero-order chi connectivity index (χ0) is 24.1. The predicted molar refractivity (Wildman–Crippen MR) is 125 cm³/mol. The van der Waals surface area contributed by atoms with Gasteiger partial charge in [0.15, 0.2) is 0 Å². The van der Waals surface area contributed by atoms with Crippen LogP contribution in [0.5, 0.6) is 0 Å². The highest BCUT2D eigenvalue weighted by Gasteiger charge is 2.52. The van der Waals surface area contributed by atoms with Crippen LogP contribution in [0.1, 0.15) is 70.8 Å². The molecule has 32 heavy (non-hydrogen) atoms. The van der Waals surface area contributed by atoms with Crippen LogP contribution in [0, 0.1) is 6.92 Å². The Labute approximate surface area is 192 Å². The molecule has 176 valence electrons. The molecule has 2 aliphatic heterocycles. The molecule has 0 unspecified atom stereocenters. The third kappa shape index (κ3) is 4.96. The lowest BCUT2D eigenvalue weighted by Crippen LogP contribution is -2.42. The van der Waals surface area contributed by atoms with Crippen LogP contribution < -0.4 is 5.46 Å². The van der Waals surface area contributed by atoms with E-state index in [0.717, 1.165) is 17.4 Å². The molecule has 0 N–H and O–H groups in total. The van der Waals surface area contributed by atoms with Crippen molar-refractivity contribution in [2.24, 2.45) is 0 Å². The van der Waals surface area contributed by atoms with Gasteiger partial charge >= 0.3 is 13.2 Å². The molecule has 0 aliphatic carbocycles. The monoisotopic (exact) mass is 444 g/mol. The Morgan fingerprint density at radius 2 is 1.75 bits per heavy atom. The van der Waals surface area contributed by atoms with Crippen molar-refractivity contribution in [3.05, 3.63) is 29.3 Å². The first-order chi connectivity index (χ1) is 14.6. The van der Waals surface area contributed by atoms with E-state index in [1.807, 2.05) is 73.6 Å². The first-order valence-corrected chi connectivity index (χ1v) is 11.3. The number of likely N-dealkylation sites (tertiary alicyclic amines) is 1. The molecule has 0 aromatic heterocycles. The van der Waals surface area contributed by atoms with E-state index in [1.165, 1.54) is 0 Å². The minimum absolute atomic E-state index is 0.0587. The van der Waals surface area contributed by atoms with Gasteiger partial charge in [0.05, 0.1) is 17.2 Å². The predicted octanol–water partition coefficient (Wildman–Crippen LogP) is 3.38. The highest BCUT2D eigenvalue weighted by molar-refractivity contribution is 6.62. The molecule has 1 atom stereocenters. The molecule has 2 saturated heterocycles. The molecule has 2 fully saturated rings. The Kier molecular flexibility index (Phi) is 6.44. The summed E-state index contributed by atoms with van der Waals surface area (Å²) in [6.07, 6.45) is 0.386. The number of benzene rings is 1. The number of aryl methyl sites for hydroxylation is 1. The van der Waals surface area contributed by atoms with E-state index in [0.29, 0.717) is 18.7 Å². The minimum Gasteiger partial charge on any atom is -0.444 e. The fraction of sp³-hybridized carbons (Fsp3) is 0.667. The summed E-state index contributed by atoms with van der Waals surface area (Å²) in [4.78, 5) is 29.1. The van der Waals surface area contributed by atoms with Crippen LogP contribution in [-0.4, -0.2) is 71.9 Å². The van der Waals surface area contributed by atoms with Crippen molar-refractivity contribution in [3.8, 4) is 0 Å². The lowest BCUT2D eigenvalue weighted by molar-refractivity contribution is 0.00578. The van der Waals surface area contributed by atoms with Gasteiger partial charge in [-0.25, -0.2) is 4.79 Å². The smallest absolute Gasteiger partial charge is 0.444 e. The maximum Gasteiger partial charge on any atom is 0.495 e. The number of carbonyl (C=O) groups excluding carboxylic acids is 2. The van der Waals surface area contributed by atoms with Gasteiger partial charge < -0.3 is 23.8 Å². The number of amides is 2. The summed E-state index contributed by atoms with van der Waals surface area (Å²) in [6, 6.07) is 5.58. The Hall–Kier alpha value is -2.06. The fourth-order valence-electron chi connectivity index (χ4n) is 3.92. The van der Waals surface area contributed by atoms with Crippen LogP contribution in [0.15, 0.2) is 18.2 Å². The van der Waals surface area contributed by atoms with Crippen LogP contribution in [0.3, 0.4) is 0 Å². The molecular formula is C24H37BN2O5. The molecule has 1 aromatic carbocycles. The summed E-state index contributed by atoms with van der Waals surface area (Å²) in [5, 5.41) is 0. The number of carbonyl (C=O) groups is 2. The number of hydrogen-bond acceptors (Lipinski definition) is 5. The standard InChI is InChI=1S/C24H37BN2O5/c1-16-10-11-17(14-19(16)25-31-23(5,6)24(7,8)32-25)20(28)26(9)18-12-13-27(15-18)21(29)30-22(2,3)4/h10-11,14,18H,12-13,15H2,1-9H3/t18-/m1/s1. The third-order valence-corrected chi connectivity index (χ3v) is 6.72. The maximum atomic E-state index is 13.3. The lowest BCUT2D eigenvalue weighted by atomic mass is 9.75. The molecule has 2 aliphatic rings. The largest absolute Gasteiger partial charge is 0.495 e. The van der Waals surface area contributed by atoms with Gasteiger partial charge in [-0.15, -0.1) is 0 Å². The second-order valence-electron chi connectivity index (χ2n) is 10.9. The van der Waals surface area contributed by atoms with Gasteiger partial charge in [0.2, 0.25) is 0 Å². The summed E-state index contributed by atoms with van der Waals surface area (Å²) in [5.74, 6) is -0.0844. The molecule has 0 radical (unpaired) electrons. The number of rotatable bonds is 3. The summed E-state index contributed by atoms with van der Waals surface area (Å²) in [6.45, 7) is 16.6. The molecule has 2 heterocycles. The Bertz CT molecular complexity index is 877. The van der Waals surface area contributed by atoms with Crippen LogP contribution in [0.2, 0.25) is 0 Å². The Morgan fingerprint density at radius 3 is 2.31 bits per heavy atom. The van der Waals surface area contributed by atoms with Crippen LogP contribution in [0.25, 0.3) is 0 Å². The first kappa shape index (κ1) is 24.6. The molecule has 0 saturated carbocycles. The normalized spacial score (nSPS) is 22.2. The van der Waals surface area contributed by atoms with Gasteiger partial charge in [-0.1, -0.05) is 11.6 Å². The van der Waals surface area contributed by atoms with Crippen LogP contribution in [-0.2, 0) is 14.0 Å². The highest BCUT2D eigenvalue weighted by Crippen LogP contribution is 2.36. The number of ether oxygens (including phenoxy) is 1. The van der Waals surface area contributed by atoms with Gasteiger partial charge in [0.25, 0.3) is 5.91 Å². The van der Waals surface area contributed by atoms with Crippen molar-refractivity contribution < 1.29 is 23.6 Å². The molecule has 0 spiro atoms. The zero-order valence-electron chi connectivity index (χ0n) is 20.9. The first-order valence-electron chi connectivity index (χ1n) is 11.3. The summed E-state index contributed by atoms with van der Waals surface area (Å²) < 4.78 is 17.9. The van der Waals surface area contributed by atoms with Crippen LogP contribution >= 0.6 is 0 Å². The third-order valence-electron chi connectivity index (χ3n) is 6.72. The molecule has 2 amide bonds. The summed E-state index contributed by atoms with van der Waals surface area (Å²) >= 11 is 0. The second-order valence-corrected chi connectivity index (χ2v) is 10.9. The number of hydrogen-bond donors (Lipinski definition) is 0. The van der Waals surface area contributed by atoms with Gasteiger partial charge in [-0.3, -0.25) is 4.79 Å². The maximum absolute atomic E-state index is 13.3. The van der Waals surface area contributed by atoms with Crippen molar-refractivity contribution in [3.63, 3.8) is 0 Å². The summed E-state index contributed by atoms with van der Waals surface area (Å²) in [5.41, 5.74) is 1.02. The SMILES string of the molecule is Cc1ccc(C(=O)N(C)[C@@H]2CCN(C(=O)OC(C)(C)C)C2)cc1B1OC(C)(C)C(C)(C)O1. The fourth-order valence-corrected chi connectivity index (χ4v) is 3.92. The average molecular weight is 444 g/mol. The highest BCUT2D eigenvalue weighted by atomic mass is 16.7. The second kappa shape index (κ2) is 8.38. The average Bonchev–Trinajstić information content (AvgIpc) is 3.22. The molecule has 1 aromatic rings. The van der Waals surface area contributed by atoms with Crippen molar-refractivity contribution in [1.29, 1.82) is 0 Å². The van der Waals surface area contributed by atoms with E-state index in [2.05, 4.69) is 0 Å². The molecule has 3 rings (SSSR count). The quantitative estimate of drug-likeness (QED) is 0.669. The molecule has 7 nitrogen and oxygen atoms in total. The Balaban J connectivity index is 1.72. The number of likely N-dealkylation sites (N-methyl/N-ethyl adjacent to an activating group) is 1. The van der Waals surface area contributed by atoms with Gasteiger partial charge in [-0.2, -0.15) is 0 Å². The van der Waals surface area contributed by atoms with E-state index in [4.69, 9.17) is 14.0 Å². The summed E-state index contributed by atoms with van der Waals surface area (Å²) in [7, 11) is 1.27. The van der Waals surface area contributed by atoms with Gasteiger partial charge in [0.1, 0.15) is 5.60 Å². The van der Waals surface area contributed by atoms with Gasteiger partial charge in [-0.05, 0) is 79.4 Å². The van der Waals surface area contributed by atoms with E-state index in [1.54, 1.807) is 16.8 Å². The molecule has 0 bridgehead atoms. The van der Waals surface area contributed by atoms with E-state index >= 15 is 0 Å². The van der Waals surface area contributed by atoms with Crippen molar-refractivity contribution in [2.45, 2.75) is 84.7 Å². The molecular weight excluding hydrogens is 407 g/mol. The van der Waals surface area contributed by atoms with E-state index < -0.39 is 23.9 Å². The lowest BCUT2D eigenvalue weighted by Gasteiger charge is -2.32. The topological polar surface area (TPSA) is 68.3 Å². The van der Waals surface area contributed by atoms with E-state index in [-0.39, 0.29) is 18.0 Å². The van der Waals surface area contributed by atoms with Crippen molar-refractivity contribution in [1.82, 2.24) is 9.80 Å². The zero-order valence-corrected chi connectivity index (χ0v) is 20.9. The van der Waals surface area contributed by atoms with Gasteiger partial charge in [0, 0.05) is 25.7 Å².